The van der Waals surface area contributed by atoms with E-state index in [9.17, 15) is 4.79 Å². The van der Waals surface area contributed by atoms with E-state index < -0.39 is 0 Å². The Morgan fingerprint density at radius 3 is 2.83 bits per heavy atom. The van der Waals surface area contributed by atoms with Gasteiger partial charge < -0.3 is 5.32 Å². The molecule has 1 unspecified atom stereocenters. The van der Waals surface area contributed by atoms with Crippen molar-refractivity contribution in [2.45, 2.75) is 51.5 Å². The van der Waals surface area contributed by atoms with Crippen molar-refractivity contribution in [1.29, 1.82) is 0 Å². The quantitative estimate of drug-likeness (QED) is 0.886. The van der Waals surface area contributed by atoms with Crippen LogP contribution in [0.5, 0.6) is 0 Å². The highest BCUT2D eigenvalue weighted by molar-refractivity contribution is 5.76. The molecule has 1 N–H and O–H groups in total. The van der Waals surface area contributed by atoms with E-state index in [-0.39, 0.29) is 11.9 Å². The minimum absolute atomic E-state index is 0.00212. The van der Waals surface area contributed by atoms with Crippen molar-refractivity contribution >= 4 is 5.91 Å². The molecule has 0 radical (unpaired) electrons. The Bertz CT molecular complexity index is 371. The van der Waals surface area contributed by atoms with E-state index in [2.05, 4.69) is 10.3 Å². The zero-order valence-electron chi connectivity index (χ0n) is 11.1. The van der Waals surface area contributed by atoms with Crippen LogP contribution in [0.4, 0.5) is 0 Å². The maximum atomic E-state index is 12.0. The van der Waals surface area contributed by atoms with Crippen molar-refractivity contribution in [2.24, 2.45) is 5.92 Å². The first-order chi connectivity index (χ1) is 8.75. The summed E-state index contributed by atoms with van der Waals surface area (Å²) in [6.07, 6.45) is 8.77. The number of carbonyl (C=O) groups excluding carboxylic acids is 1. The van der Waals surface area contributed by atoms with Crippen LogP contribution in [0, 0.1) is 5.92 Å². The number of hydrogen-bond donors (Lipinski definition) is 1. The lowest BCUT2D eigenvalue weighted by atomic mass is 9.87. The smallest absolute Gasteiger partial charge is 0.220 e. The molecule has 1 aromatic rings. The first kappa shape index (κ1) is 13.1. The number of hydrogen-bond acceptors (Lipinski definition) is 2. The number of amides is 1. The third-order valence-electron chi connectivity index (χ3n) is 3.71. The van der Waals surface area contributed by atoms with Gasteiger partial charge in [0.25, 0.3) is 0 Å². The molecule has 0 bridgehead atoms. The Morgan fingerprint density at radius 1 is 1.39 bits per heavy atom. The summed E-state index contributed by atoms with van der Waals surface area (Å²) in [6.45, 7) is 1.99. The van der Waals surface area contributed by atoms with E-state index in [1.807, 2.05) is 25.1 Å². The summed E-state index contributed by atoms with van der Waals surface area (Å²) in [5, 5.41) is 3.04. The molecule has 1 aliphatic carbocycles. The summed E-state index contributed by atoms with van der Waals surface area (Å²) in [6, 6.07) is 5.79. The minimum Gasteiger partial charge on any atom is -0.348 e. The van der Waals surface area contributed by atoms with Gasteiger partial charge in [-0.3, -0.25) is 9.78 Å². The van der Waals surface area contributed by atoms with Crippen molar-refractivity contribution < 1.29 is 4.79 Å². The second-order valence-electron chi connectivity index (χ2n) is 5.25. The average molecular weight is 246 g/mol. The van der Waals surface area contributed by atoms with Crippen molar-refractivity contribution in [3.63, 3.8) is 0 Å². The maximum absolute atomic E-state index is 12.0. The van der Waals surface area contributed by atoms with Crippen LogP contribution < -0.4 is 5.32 Å². The van der Waals surface area contributed by atoms with Gasteiger partial charge in [0.15, 0.2) is 0 Å². The molecule has 0 aliphatic heterocycles. The monoisotopic (exact) mass is 246 g/mol. The molecular formula is C15H22N2O. The first-order valence-electron chi connectivity index (χ1n) is 6.96. The van der Waals surface area contributed by atoms with E-state index in [1.54, 1.807) is 6.20 Å². The molecule has 1 amide bonds. The van der Waals surface area contributed by atoms with Gasteiger partial charge in [-0.25, -0.2) is 0 Å². The number of carbonyl (C=O) groups is 1. The average Bonchev–Trinajstić information content (AvgIpc) is 2.40. The third-order valence-corrected chi connectivity index (χ3v) is 3.71. The molecular weight excluding hydrogens is 224 g/mol. The van der Waals surface area contributed by atoms with Crippen molar-refractivity contribution in [3.05, 3.63) is 30.1 Å². The van der Waals surface area contributed by atoms with E-state index in [0.717, 1.165) is 5.69 Å². The van der Waals surface area contributed by atoms with Gasteiger partial charge in [-0.15, -0.1) is 0 Å². The maximum Gasteiger partial charge on any atom is 0.220 e. The molecule has 0 saturated heterocycles. The van der Waals surface area contributed by atoms with Crippen LogP contribution in [0.3, 0.4) is 0 Å². The highest BCUT2D eigenvalue weighted by atomic mass is 16.1. The lowest BCUT2D eigenvalue weighted by Crippen LogP contribution is -2.29. The molecule has 1 atom stereocenters. The molecule has 2 rings (SSSR count). The SMILES string of the molecule is CC(NC(=O)CC1CCCCC1)c1ccccn1. The van der Waals surface area contributed by atoms with Gasteiger partial charge in [-0.2, -0.15) is 0 Å². The van der Waals surface area contributed by atoms with E-state index in [0.29, 0.717) is 12.3 Å². The van der Waals surface area contributed by atoms with E-state index >= 15 is 0 Å². The molecule has 1 aliphatic rings. The normalized spacial score (nSPS) is 18.3. The molecule has 1 heterocycles. The van der Waals surface area contributed by atoms with Crippen molar-refractivity contribution in [2.75, 3.05) is 0 Å². The second-order valence-corrected chi connectivity index (χ2v) is 5.25. The van der Waals surface area contributed by atoms with Crippen LogP contribution in [-0.2, 0) is 4.79 Å². The van der Waals surface area contributed by atoms with E-state index in [4.69, 9.17) is 0 Å². The Morgan fingerprint density at radius 2 is 2.17 bits per heavy atom. The standard InChI is InChI=1S/C15H22N2O/c1-12(14-9-5-6-10-16-14)17-15(18)11-13-7-3-2-4-8-13/h5-6,9-10,12-13H,2-4,7-8,11H2,1H3,(H,17,18). The number of nitrogens with zero attached hydrogens (tertiary/aromatic N) is 1. The zero-order valence-corrected chi connectivity index (χ0v) is 11.1. The van der Waals surface area contributed by atoms with Gasteiger partial charge in [0, 0.05) is 12.6 Å². The van der Waals surface area contributed by atoms with Crippen LogP contribution in [0.25, 0.3) is 0 Å². The van der Waals surface area contributed by atoms with Crippen LogP contribution in [0.15, 0.2) is 24.4 Å². The fourth-order valence-corrected chi connectivity index (χ4v) is 2.66. The molecule has 0 aromatic carbocycles. The highest BCUT2D eigenvalue weighted by Gasteiger charge is 2.18. The van der Waals surface area contributed by atoms with E-state index in [1.165, 1.54) is 32.1 Å². The summed E-state index contributed by atoms with van der Waals surface area (Å²) < 4.78 is 0. The highest BCUT2D eigenvalue weighted by Crippen LogP contribution is 2.26. The molecule has 18 heavy (non-hydrogen) atoms. The second kappa shape index (κ2) is 6.53. The first-order valence-corrected chi connectivity index (χ1v) is 6.96. The predicted molar refractivity (Wildman–Crippen MR) is 72.0 cm³/mol. The Hall–Kier alpha value is -1.38. The lowest BCUT2D eigenvalue weighted by Gasteiger charge is -2.22. The molecule has 98 valence electrons. The summed E-state index contributed by atoms with van der Waals surface area (Å²) in [4.78, 5) is 16.2. The van der Waals surface area contributed by atoms with Crippen LogP contribution >= 0.6 is 0 Å². The Labute approximate surface area is 109 Å². The van der Waals surface area contributed by atoms with Crippen LogP contribution in [0.2, 0.25) is 0 Å². The van der Waals surface area contributed by atoms with Gasteiger partial charge in [-0.05, 0) is 37.8 Å². The number of rotatable bonds is 4. The van der Waals surface area contributed by atoms with Crippen LogP contribution in [-0.4, -0.2) is 10.9 Å². The summed E-state index contributed by atoms with van der Waals surface area (Å²) in [5.41, 5.74) is 0.925. The molecule has 1 fully saturated rings. The Kier molecular flexibility index (Phi) is 4.73. The van der Waals surface area contributed by atoms with Crippen molar-refractivity contribution in [1.82, 2.24) is 10.3 Å². The van der Waals surface area contributed by atoms with Gasteiger partial charge in [0.2, 0.25) is 5.91 Å². The molecule has 0 spiro atoms. The fourth-order valence-electron chi connectivity index (χ4n) is 2.66. The predicted octanol–water partition coefficient (Wildman–Crippen LogP) is 3.23. The third kappa shape index (κ3) is 3.83. The number of nitrogens with one attached hydrogen (secondary N) is 1. The zero-order chi connectivity index (χ0) is 12.8. The number of pyridine rings is 1. The largest absolute Gasteiger partial charge is 0.348 e. The molecule has 1 saturated carbocycles. The summed E-state index contributed by atoms with van der Waals surface area (Å²) in [5.74, 6) is 0.759. The topological polar surface area (TPSA) is 42.0 Å². The summed E-state index contributed by atoms with van der Waals surface area (Å²) >= 11 is 0. The molecule has 3 nitrogen and oxygen atoms in total. The molecule has 1 aromatic heterocycles. The van der Waals surface area contributed by atoms with Crippen LogP contribution in [0.1, 0.15) is 57.2 Å². The van der Waals surface area contributed by atoms with Gasteiger partial charge in [0.05, 0.1) is 11.7 Å². The van der Waals surface area contributed by atoms with Crippen molar-refractivity contribution in [3.8, 4) is 0 Å². The number of aromatic nitrogens is 1. The minimum atomic E-state index is 0.00212. The van der Waals surface area contributed by atoms with Gasteiger partial charge in [-0.1, -0.05) is 25.3 Å². The lowest BCUT2D eigenvalue weighted by molar-refractivity contribution is -0.122. The summed E-state index contributed by atoms with van der Waals surface area (Å²) in [7, 11) is 0. The fraction of sp³-hybridized carbons (Fsp3) is 0.600. The van der Waals surface area contributed by atoms with Gasteiger partial charge in [0.1, 0.15) is 0 Å². The molecule has 3 heteroatoms. The van der Waals surface area contributed by atoms with Gasteiger partial charge >= 0.3 is 0 Å². The Balaban J connectivity index is 1.80.